The molecule has 116 valence electrons. The Balaban J connectivity index is 2.03. The number of amides is 1. The van der Waals surface area contributed by atoms with Crippen molar-refractivity contribution in [3.63, 3.8) is 0 Å². The maximum atomic E-state index is 12.6. The van der Waals surface area contributed by atoms with Crippen LogP contribution in [0.25, 0.3) is 22.2 Å². The third-order valence-corrected chi connectivity index (χ3v) is 4.40. The summed E-state index contributed by atoms with van der Waals surface area (Å²) in [5, 5.41) is 0.349. The maximum Gasteiger partial charge on any atom is 0.260 e. The lowest BCUT2D eigenvalue weighted by atomic mass is 9.88. The third kappa shape index (κ3) is 1.93. The predicted molar refractivity (Wildman–Crippen MR) is 87.7 cm³/mol. The molecule has 23 heavy (non-hydrogen) atoms. The van der Waals surface area contributed by atoms with Gasteiger partial charge >= 0.3 is 0 Å². The number of hydrogen-bond donors (Lipinski definition) is 1. The summed E-state index contributed by atoms with van der Waals surface area (Å²) in [6.45, 7) is 0. The summed E-state index contributed by atoms with van der Waals surface area (Å²) in [5.74, 6) is -0.231. The molecule has 1 aliphatic carbocycles. The Morgan fingerprint density at radius 1 is 1.22 bits per heavy atom. The van der Waals surface area contributed by atoms with Crippen molar-refractivity contribution in [3.05, 3.63) is 57.6 Å². The smallest absolute Gasteiger partial charge is 0.260 e. The summed E-state index contributed by atoms with van der Waals surface area (Å²) in [5.41, 5.74) is 4.58. The molecule has 2 heterocycles. The van der Waals surface area contributed by atoms with Gasteiger partial charge in [-0.05, 0) is 18.4 Å². The van der Waals surface area contributed by atoms with E-state index in [2.05, 4.69) is 11.1 Å². The number of carbonyl (C=O) groups excluding carboxylic acids is 1. The molecule has 1 aliphatic rings. The molecule has 0 unspecified atom stereocenters. The summed E-state index contributed by atoms with van der Waals surface area (Å²) in [6.07, 6.45) is 3.06. The first kappa shape index (κ1) is 13.8. The number of H-pyrrole nitrogens is 1. The minimum atomic E-state index is -0.283. The molecule has 0 saturated heterocycles. The zero-order valence-corrected chi connectivity index (χ0v) is 13.0. The van der Waals surface area contributed by atoms with Crippen LogP contribution in [0.1, 0.15) is 21.5 Å². The molecular formula is C18H16N2O3. The van der Waals surface area contributed by atoms with Crippen molar-refractivity contribution in [1.29, 1.82) is 0 Å². The van der Waals surface area contributed by atoms with Gasteiger partial charge in [0.1, 0.15) is 11.8 Å². The van der Waals surface area contributed by atoms with Gasteiger partial charge in [-0.3, -0.25) is 9.59 Å². The summed E-state index contributed by atoms with van der Waals surface area (Å²) in [4.78, 5) is 29.2. The van der Waals surface area contributed by atoms with Crippen LogP contribution in [0.4, 0.5) is 0 Å². The Morgan fingerprint density at radius 3 is 2.78 bits per heavy atom. The number of carbonyl (C=O) groups is 1. The summed E-state index contributed by atoms with van der Waals surface area (Å²) >= 11 is 0. The topological polar surface area (TPSA) is 66.3 Å². The second kappa shape index (κ2) is 4.84. The van der Waals surface area contributed by atoms with Crippen molar-refractivity contribution in [3.8, 4) is 11.3 Å². The number of nitrogens with one attached hydrogen (secondary N) is 1. The van der Waals surface area contributed by atoms with Gasteiger partial charge in [0.2, 0.25) is 0 Å². The predicted octanol–water partition coefficient (Wildman–Crippen LogP) is 2.59. The van der Waals surface area contributed by atoms with Gasteiger partial charge in [-0.2, -0.15) is 0 Å². The maximum absolute atomic E-state index is 12.6. The lowest BCUT2D eigenvalue weighted by molar-refractivity contribution is 0.0828. The lowest BCUT2D eigenvalue weighted by Crippen LogP contribution is -2.23. The van der Waals surface area contributed by atoms with Crippen molar-refractivity contribution in [2.45, 2.75) is 12.8 Å². The number of aromatic amines is 1. The van der Waals surface area contributed by atoms with Gasteiger partial charge in [0.05, 0.1) is 16.6 Å². The van der Waals surface area contributed by atoms with E-state index in [0.717, 1.165) is 29.7 Å². The van der Waals surface area contributed by atoms with Crippen LogP contribution in [0.5, 0.6) is 0 Å². The number of nitrogens with zero attached hydrogens (tertiary/aromatic N) is 1. The molecule has 0 bridgehead atoms. The average molecular weight is 308 g/mol. The van der Waals surface area contributed by atoms with Crippen molar-refractivity contribution >= 4 is 16.9 Å². The Labute approximate surface area is 132 Å². The molecule has 5 heteroatoms. The fraction of sp³-hybridized carbons (Fsp3) is 0.222. The van der Waals surface area contributed by atoms with Crippen LogP contribution in [0, 0.1) is 0 Å². The van der Waals surface area contributed by atoms with Crippen molar-refractivity contribution in [1.82, 2.24) is 9.88 Å². The van der Waals surface area contributed by atoms with E-state index in [1.165, 1.54) is 16.7 Å². The molecule has 4 rings (SSSR count). The molecule has 5 nitrogen and oxygen atoms in total. The normalized spacial score (nSPS) is 12.8. The van der Waals surface area contributed by atoms with Crippen LogP contribution in [0.15, 0.2) is 39.7 Å². The molecule has 1 aromatic carbocycles. The van der Waals surface area contributed by atoms with Gasteiger partial charge in [-0.25, -0.2) is 0 Å². The van der Waals surface area contributed by atoms with Crippen LogP contribution < -0.4 is 5.56 Å². The Hall–Kier alpha value is -2.82. The number of fused-ring (bicyclic) bond motifs is 5. The monoisotopic (exact) mass is 308 g/mol. The van der Waals surface area contributed by atoms with E-state index in [1.807, 2.05) is 18.2 Å². The van der Waals surface area contributed by atoms with E-state index in [-0.39, 0.29) is 11.5 Å². The summed E-state index contributed by atoms with van der Waals surface area (Å²) < 4.78 is 5.65. The highest BCUT2D eigenvalue weighted by Gasteiger charge is 2.25. The summed E-state index contributed by atoms with van der Waals surface area (Å²) in [6, 6.07) is 8.04. The van der Waals surface area contributed by atoms with E-state index in [0.29, 0.717) is 16.5 Å². The van der Waals surface area contributed by atoms with Crippen LogP contribution in [0.2, 0.25) is 0 Å². The van der Waals surface area contributed by atoms with Crippen LogP contribution in [0.3, 0.4) is 0 Å². The molecule has 1 amide bonds. The Kier molecular flexibility index (Phi) is 2.91. The highest BCUT2D eigenvalue weighted by atomic mass is 16.3. The Bertz CT molecular complexity index is 995. The number of rotatable bonds is 1. The van der Waals surface area contributed by atoms with Gasteiger partial charge < -0.3 is 14.3 Å². The van der Waals surface area contributed by atoms with Gasteiger partial charge in [-0.1, -0.05) is 24.3 Å². The first-order valence-electron chi connectivity index (χ1n) is 7.54. The molecule has 0 fully saturated rings. The number of pyridine rings is 1. The molecule has 0 spiro atoms. The summed E-state index contributed by atoms with van der Waals surface area (Å²) in [7, 11) is 3.31. The molecule has 0 atom stereocenters. The number of hydrogen-bond acceptors (Lipinski definition) is 3. The number of aromatic nitrogens is 1. The number of aryl methyl sites for hydroxylation is 2. The fourth-order valence-corrected chi connectivity index (χ4v) is 3.28. The fourth-order valence-electron chi connectivity index (χ4n) is 3.28. The highest BCUT2D eigenvalue weighted by molar-refractivity contribution is 6.06. The second-order valence-corrected chi connectivity index (χ2v) is 6.02. The van der Waals surface area contributed by atoms with E-state index >= 15 is 0 Å². The van der Waals surface area contributed by atoms with E-state index in [1.54, 1.807) is 14.1 Å². The van der Waals surface area contributed by atoms with E-state index < -0.39 is 0 Å². The standard InChI is InChI=1S/C18H16N2O3/c1-20(2)18(22)13-9-23-16-12-8-7-10-5-3-4-6-11(10)15(12)19-17(21)14(13)16/h3-6,9H,7-8H2,1-2H3,(H,19,21). The van der Waals surface area contributed by atoms with Gasteiger partial charge in [0, 0.05) is 25.2 Å². The zero-order chi connectivity index (χ0) is 16.1. The van der Waals surface area contributed by atoms with Crippen LogP contribution in [-0.2, 0) is 12.8 Å². The molecular weight excluding hydrogens is 292 g/mol. The van der Waals surface area contributed by atoms with Gasteiger partial charge in [0.15, 0.2) is 0 Å². The largest absolute Gasteiger partial charge is 0.463 e. The first-order chi connectivity index (χ1) is 11.1. The SMILES string of the molecule is CN(C)C(=O)c1coc2c3c([nH]c(=O)c12)-c1ccccc1CC3. The molecule has 2 aromatic heterocycles. The van der Waals surface area contributed by atoms with Gasteiger partial charge in [-0.15, -0.1) is 0 Å². The third-order valence-electron chi connectivity index (χ3n) is 4.40. The molecule has 0 saturated carbocycles. The van der Waals surface area contributed by atoms with E-state index in [9.17, 15) is 9.59 Å². The quantitative estimate of drug-likeness (QED) is 0.751. The molecule has 0 aliphatic heterocycles. The highest BCUT2D eigenvalue weighted by Crippen LogP contribution is 2.35. The molecule has 1 N–H and O–H groups in total. The number of furan rings is 1. The average Bonchev–Trinajstić information content (AvgIpc) is 2.99. The Morgan fingerprint density at radius 2 is 2.00 bits per heavy atom. The second-order valence-electron chi connectivity index (χ2n) is 6.02. The lowest BCUT2D eigenvalue weighted by Gasteiger charge is -2.19. The van der Waals surface area contributed by atoms with Gasteiger partial charge in [0.25, 0.3) is 11.5 Å². The van der Waals surface area contributed by atoms with E-state index in [4.69, 9.17) is 4.42 Å². The van der Waals surface area contributed by atoms with Crippen LogP contribution in [-0.4, -0.2) is 29.9 Å². The molecule has 0 radical (unpaired) electrons. The van der Waals surface area contributed by atoms with Crippen molar-refractivity contribution in [2.24, 2.45) is 0 Å². The minimum Gasteiger partial charge on any atom is -0.463 e. The van der Waals surface area contributed by atoms with Crippen molar-refractivity contribution < 1.29 is 9.21 Å². The van der Waals surface area contributed by atoms with Crippen LogP contribution >= 0.6 is 0 Å². The van der Waals surface area contributed by atoms with Crippen molar-refractivity contribution in [2.75, 3.05) is 14.1 Å². The molecule has 3 aromatic rings. The zero-order valence-electron chi connectivity index (χ0n) is 13.0. The number of benzene rings is 1. The minimum absolute atomic E-state index is 0.231. The first-order valence-corrected chi connectivity index (χ1v) is 7.54.